The van der Waals surface area contributed by atoms with E-state index in [-0.39, 0.29) is 24.1 Å². The first-order valence-corrected chi connectivity index (χ1v) is 13.6. The van der Waals surface area contributed by atoms with Crippen LogP contribution in [0.1, 0.15) is 62.7 Å². The van der Waals surface area contributed by atoms with Crippen molar-refractivity contribution in [2.45, 2.75) is 70.6 Å². The number of piperidine rings is 1. The molecule has 2 fully saturated rings. The van der Waals surface area contributed by atoms with E-state index in [1.54, 1.807) is 29.2 Å². The van der Waals surface area contributed by atoms with Crippen LogP contribution >= 0.6 is 11.6 Å². The Balaban J connectivity index is 1.72. The Morgan fingerprint density at radius 1 is 1.16 bits per heavy atom. The van der Waals surface area contributed by atoms with Gasteiger partial charge in [0.1, 0.15) is 0 Å². The highest BCUT2D eigenvalue weighted by Crippen LogP contribution is 2.32. The lowest BCUT2D eigenvalue weighted by atomic mass is 9.80. The quantitative estimate of drug-likeness (QED) is 0.651. The highest BCUT2D eigenvalue weighted by molar-refractivity contribution is 7.88. The standard InChI is InChI=1S/C23H35ClN2O4S/c1-16(2)17-8-12-20(13-9-17)30-15-22-21(25-31(3,28)29)5-4-14-26(22)23(27)18-6-10-19(24)11-7-18/h6-7,10-11,16-17,20-22,25H,4-5,8-9,12-15H2,1-3H3/t17-,20+,21-,22-/m0/s1. The normalized spacial score (nSPS) is 27.5. The molecule has 1 aliphatic carbocycles. The molecule has 0 radical (unpaired) electrons. The van der Waals surface area contributed by atoms with E-state index in [2.05, 4.69) is 18.6 Å². The van der Waals surface area contributed by atoms with Gasteiger partial charge in [0.2, 0.25) is 10.0 Å². The topological polar surface area (TPSA) is 75.7 Å². The summed E-state index contributed by atoms with van der Waals surface area (Å²) in [5, 5.41) is 0.573. The lowest BCUT2D eigenvalue weighted by Crippen LogP contribution is -2.59. The van der Waals surface area contributed by atoms with Gasteiger partial charge >= 0.3 is 0 Å². The van der Waals surface area contributed by atoms with Crippen molar-refractivity contribution in [1.82, 2.24) is 9.62 Å². The molecule has 0 bridgehead atoms. The Hall–Kier alpha value is -1.15. The average molecular weight is 471 g/mol. The molecule has 1 amide bonds. The molecule has 0 unspecified atom stereocenters. The van der Waals surface area contributed by atoms with Crippen LogP contribution in [0.3, 0.4) is 0 Å². The van der Waals surface area contributed by atoms with Crippen LogP contribution in [0.4, 0.5) is 0 Å². The number of amides is 1. The van der Waals surface area contributed by atoms with Gasteiger partial charge < -0.3 is 9.64 Å². The summed E-state index contributed by atoms with van der Waals surface area (Å²) in [5.41, 5.74) is 0.548. The van der Waals surface area contributed by atoms with Gasteiger partial charge in [0, 0.05) is 23.2 Å². The first kappa shape index (κ1) is 24.5. The highest BCUT2D eigenvalue weighted by Gasteiger charge is 2.37. The van der Waals surface area contributed by atoms with E-state index < -0.39 is 10.0 Å². The van der Waals surface area contributed by atoms with E-state index in [0.717, 1.165) is 44.3 Å². The number of carbonyl (C=O) groups is 1. The molecule has 6 nitrogen and oxygen atoms in total. The summed E-state index contributed by atoms with van der Waals surface area (Å²) in [6.45, 7) is 5.46. The van der Waals surface area contributed by atoms with E-state index in [1.807, 2.05) is 0 Å². The fraction of sp³-hybridized carbons (Fsp3) is 0.696. The number of carbonyl (C=O) groups excluding carboxylic acids is 1. The molecule has 1 heterocycles. The van der Waals surface area contributed by atoms with Crippen molar-refractivity contribution in [3.63, 3.8) is 0 Å². The van der Waals surface area contributed by atoms with Gasteiger partial charge in [0.05, 0.1) is 25.0 Å². The predicted molar refractivity (Wildman–Crippen MR) is 124 cm³/mol. The van der Waals surface area contributed by atoms with Crippen molar-refractivity contribution in [3.05, 3.63) is 34.9 Å². The second-order valence-corrected chi connectivity index (χ2v) is 11.5. The van der Waals surface area contributed by atoms with Crippen LogP contribution in [0.25, 0.3) is 0 Å². The van der Waals surface area contributed by atoms with Gasteiger partial charge in [-0.2, -0.15) is 0 Å². The number of hydrogen-bond donors (Lipinski definition) is 1. The van der Waals surface area contributed by atoms with Crippen molar-refractivity contribution in [1.29, 1.82) is 0 Å². The number of halogens is 1. The summed E-state index contributed by atoms with van der Waals surface area (Å²) in [6.07, 6.45) is 7.11. The maximum atomic E-state index is 13.3. The Kier molecular flexibility index (Phi) is 8.41. The minimum Gasteiger partial charge on any atom is -0.376 e. The summed E-state index contributed by atoms with van der Waals surface area (Å²) in [7, 11) is -3.40. The Morgan fingerprint density at radius 2 is 1.81 bits per heavy atom. The van der Waals surface area contributed by atoms with Crippen LogP contribution in [0, 0.1) is 11.8 Å². The Bertz CT molecular complexity index is 836. The maximum absolute atomic E-state index is 13.3. The van der Waals surface area contributed by atoms with Gasteiger partial charge in [-0.05, 0) is 74.6 Å². The second kappa shape index (κ2) is 10.6. The fourth-order valence-corrected chi connectivity index (χ4v) is 5.79. The van der Waals surface area contributed by atoms with Crippen LogP contribution in [0.5, 0.6) is 0 Å². The first-order valence-electron chi connectivity index (χ1n) is 11.3. The van der Waals surface area contributed by atoms with E-state index in [4.69, 9.17) is 16.3 Å². The maximum Gasteiger partial charge on any atom is 0.254 e. The summed E-state index contributed by atoms with van der Waals surface area (Å²) < 4.78 is 33.0. The predicted octanol–water partition coefficient (Wildman–Crippen LogP) is 4.09. The van der Waals surface area contributed by atoms with Crippen LogP contribution in [-0.4, -0.2) is 56.8 Å². The molecule has 8 heteroatoms. The van der Waals surface area contributed by atoms with Gasteiger partial charge in [-0.15, -0.1) is 0 Å². The number of sulfonamides is 1. The first-order chi connectivity index (χ1) is 14.6. The molecule has 0 aromatic heterocycles. The van der Waals surface area contributed by atoms with E-state index in [0.29, 0.717) is 36.1 Å². The minimum absolute atomic E-state index is 0.117. The number of rotatable bonds is 7. The van der Waals surface area contributed by atoms with Crippen LogP contribution < -0.4 is 4.72 Å². The molecular weight excluding hydrogens is 436 g/mol. The molecule has 1 aromatic rings. The fourth-order valence-electron chi connectivity index (χ4n) is 4.84. The zero-order valence-electron chi connectivity index (χ0n) is 18.7. The van der Waals surface area contributed by atoms with Crippen molar-refractivity contribution in [3.8, 4) is 0 Å². The summed E-state index contributed by atoms with van der Waals surface area (Å²) in [5.74, 6) is 1.32. The number of ether oxygens (including phenoxy) is 1. The zero-order valence-corrected chi connectivity index (χ0v) is 20.3. The van der Waals surface area contributed by atoms with Crippen LogP contribution in [0.15, 0.2) is 24.3 Å². The lowest BCUT2D eigenvalue weighted by Gasteiger charge is -2.42. The van der Waals surface area contributed by atoms with Crippen LogP contribution in [-0.2, 0) is 14.8 Å². The molecule has 31 heavy (non-hydrogen) atoms. The lowest BCUT2D eigenvalue weighted by molar-refractivity contribution is -0.0282. The average Bonchev–Trinajstić information content (AvgIpc) is 2.72. The molecule has 1 N–H and O–H groups in total. The molecule has 174 valence electrons. The third-order valence-corrected chi connectivity index (χ3v) is 7.64. The zero-order chi connectivity index (χ0) is 22.6. The number of likely N-dealkylation sites (tertiary alicyclic amines) is 1. The molecule has 1 aliphatic heterocycles. The molecule has 1 aromatic carbocycles. The van der Waals surface area contributed by atoms with Crippen molar-refractivity contribution in [2.75, 3.05) is 19.4 Å². The van der Waals surface area contributed by atoms with Gasteiger partial charge in [-0.1, -0.05) is 25.4 Å². The van der Waals surface area contributed by atoms with E-state index in [1.165, 1.54) is 0 Å². The number of hydrogen-bond acceptors (Lipinski definition) is 4. The Labute approximate surface area is 191 Å². The monoisotopic (exact) mass is 470 g/mol. The molecule has 1 saturated heterocycles. The summed E-state index contributed by atoms with van der Waals surface area (Å²) >= 11 is 5.97. The third-order valence-electron chi connectivity index (χ3n) is 6.66. The number of nitrogens with one attached hydrogen (secondary N) is 1. The molecule has 3 rings (SSSR count). The number of benzene rings is 1. The van der Waals surface area contributed by atoms with E-state index in [9.17, 15) is 13.2 Å². The van der Waals surface area contributed by atoms with Gasteiger partial charge in [-0.25, -0.2) is 13.1 Å². The van der Waals surface area contributed by atoms with Crippen molar-refractivity contribution in [2.24, 2.45) is 11.8 Å². The largest absolute Gasteiger partial charge is 0.376 e. The smallest absolute Gasteiger partial charge is 0.254 e. The molecule has 1 saturated carbocycles. The SMILES string of the molecule is CC(C)[C@H]1CC[C@@H](OC[C@H]2[C@@H](NS(C)(=O)=O)CCCN2C(=O)c2ccc(Cl)cc2)CC1. The van der Waals surface area contributed by atoms with Gasteiger partial charge in [0.25, 0.3) is 5.91 Å². The van der Waals surface area contributed by atoms with Crippen molar-refractivity contribution < 1.29 is 17.9 Å². The van der Waals surface area contributed by atoms with Gasteiger partial charge in [-0.3, -0.25) is 4.79 Å². The summed E-state index contributed by atoms with van der Waals surface area (Å²) in [6, 6.07) is 6.13. The number of nitrogens with zero attached hydrogens (tertiary/aromatic N) is 1. The molecule has 0 spiro atoms. The van der Waals surface area contributed by atoms with Gasteiger partial charge in [0.15, 0.2) is 0 Å². The highest BCUT2D eigenvalue weighted by atomic mass is 35.5. The van der Waals surface area contributed by atoms with E-state index >= 15 is 0 Å². The molecule has 2 aliphatic rings. The molecular formula is C23H35ClN2O4S. The van der Waals surface area contributed by atoms with Crippen molar-refractivity contribution >= 4 is 27.5 Å². The van der Waals surface area contributed by atoms with Crippen LogP contribution in [0.2, 0.25) is 5.02 Å². The summed E-state index contributed by atoms with van der Waals surface area (Å²) in [4.78, 5) is 15.0. The minimum atomic E-state index is -3.40. The second-order valence-electron chi connectivity index (χ2n) is 9.33. The molecule has 2 atom stereocenters. The third kappa shape index (κ3) is 6.91. The Morgan fingerprint density at radius 3 is 2.39 bits per heavy atom.